The van der Waals surface area contributed by atoms with Gasteiger partial charge in [-0.2, -0.15) is 5.10 Å². The maximum atomic E-state index is 13.0. The summed E-state index contributed by atoms with van der Waals surface area (Å²) in [5.41, 5.74) is 0.967. The molecule has 27 heavy (non-hydrogen) atoms. The molecule has 0 radical (unpaired) electrons. The number of rotatable bonds is 5. The van der Waals surface area contributed by atoms with Crippen LogP contribution in [0, 0.1) is 5.92 Å². The molecule has 0 fully saturated rings. The van der Waals surface area contributed by atoms with E-state index in [1.165, 1.54) is 4.68 Å². The standard InChI is InChI=1S/C21H22ClN3O2/c1-13(2)12-25-21(27)18-10-5-4-9-17(18)19(24-25)20(26)23-14(3)15-7-6-8-16(22)11-15/h4-11,13-14H,12H2,1-3H3,(H,23,26). The molecule has 2 aromatic carbocycles. The first-order chi connectivity index (χ1) is 12.9. The highest BCUT2D eigenvalue weighted by Gasteiger charge is 2.19. The molecule has 0 bridgehead atoms. The predicted molar refractivity (Wildman–Crippen MR) is 108 cm³/mol. The average Bonchev–Trinajstić information content (AvgIpc) is 2.63. The molecule has 0 saturated carbocycles. The van der Waals surface area contributed by atoms with Crippen molar-refractivity contribution in [3.05, 3.63) is 75.2 Å². The molecule has 0 aliphatic carbocycles. The highest BCUT2D eigenvalue weighted by molar-refractivity contribution is 6.30. The quantitative estimate of drug-likeness (QED) is 0.718. The lowest BCUT2D eigenvalue weighted by atomic mass is 10.1. The average molecular weight is 384 g/mol. The molecule has 1 atom stereocenters. The van der Waals surface area contributed by atoms with Crippen molar-refractivity contribution in [2.45, 2.75) is 33.4 Å². The van der Waals surface area contributed by atoms with Gasteiger partial charge in [0.1, 0.15) is 0 Å². The highest BCUT2D eigenvalue weighted by atomic mass is 35.5. The molecule has 1 amide bonds. The Bertz CT molecular complexity index is 1040. The van der Waals surface area contributed by atoms with Crippen LogP contribution in [0.15, 0.2) is 53.3 Å². The van der Waals surface area contributed by atoms with Crippen molar-refractivity contribution in [3.63, 3.8) is 0 Å². The highest BCUT2D eigenvalue weighted by Crippen LogP contribution is 2.19. The number of carbonyl (C=O) groups excluding carboxylic acids is 1. The normalized spacial score (nSPS) is 12.3. The molecule has 3 rings (SSSR count). The van der Waals surface area contributed by atoms with E-state index in [2.05, 4.69) is 10.4 Å². The lowest BCUT2D eigenvalue weighted by Gasteiger charge is -2.16. The minimum Gasteiger partial charge on any atom is -0.344 e. The molecule has 6 heteroatoms. The zero-order chi connectivity index (χ0) is 19.6. The molecule has 0 aliphatic rings. The molecule has 0 saturated heterocycles. The second-order valence-electron chi connectivity index (χ2n) is 7.03. The van der Waals surface area contributed by atoms with E-state index in [1.54, 1.807) is 30.3 Å². The number of hydrogen-bond donors (Lipinski definition) is 1. The van der Waals surface area contributed by atoms with Gasteiger partial charge in [-0.05, 0) is 36.6 Å². The molecule has 3 aromatic rings. The molecule has 1 aromatic heterocycles. The first-order valence-corrected chi connectivity index (χ1v) is 9.31. The third kappa shape index (κ3) is 4.19. The number of fused-ring (bicyclic) bond motifs is 1. The van der Waals surface area contributed by atoms with Crippen LogP contribution in [0.1, 0.15) is 42.9 Å². The number of nitrogens with zero attached hydrogens (tertiary/aromatic N) is 2. The second kappa shape index (κ2) is 7.92. The van der Waals surface area contributed by atoms with Crippen LogP contribution in [0.4, 0.5) is 0 Å². The Morgan fingerprint density at radius 2 is 1.81 bits per heavy atom. The van der Waals surface area contributed by atoms with E-state index in [4.69, 9.17) is 11.6 Å². The van der Waals surface area contributed by atoms with Crippen molar-refractivity contribution < 1.29 is 4.79 Å². The summed E-state index contributed by atoms with van der Waals surface area (Å²) >= 11 is 6.04. The van der Waals surface area contributed by atoms with E-state index in [1.807, 2.05) is 39.0 Å². The van der Waals surface area contributed by atoms with Crippen LogP contribution >= 0.6 is 11.6 Å². The second-order valence-corrected chi connectivity index (χ2v) is 7.46. The number of benzene rings is 2. The topological polar surface area (TPSA) is 64.0 Å². The van der Waals surface area contributed by atoms with Gasteiger partial charge < -0.3 is 5.32 Å². The fourth-order valence-electron chi connectivity index (χ4n) is 3.00. The van der Waals surface area contributed by atoms with E-state index in [9.17, 15) is 9.59 Å². The van der Waals surface area contributed by atoms with Gasteiger partial charge in [0, 0.05) is 17.0 Å². The largest absolute Gasteiger partial charge is 0.344 e. The number of aromatic nitrogens is 2. The van der Waals surface area contributed by atoms with Crippen LogP contribution in [0.3, 0.4) is 0 Å². The third-order valence-corrected chi connectivity index (χ3v) is 4.55. The van der Waals surface area contributed by atoms with Crippen molar-refractivity contribution in [2.24, 2.45) is 5.92 Å². The van der Waals surface area contributed by atoms with Gasteiger partial charge in [-0.25, -0.2) is 4.68 Å². The van der Waals surface area contributed by atoms with Crippen LogP contribution in [0.25, 0.3) is 10.8 Å². The number of hydrogen-bond acceptors (Lipinski definition) is 3. The smallest absolute Gasteiger partial charge is 0.274 e. The van der Waals surface area contributed by atoms with E-state index in [0.29, 0.717) is 22.3 Å². The van der Waals surface area contributed by atoms with E-state index < -0.39 is 0 Å². The number of nitrogens with one attached hydrogen (secondary N) is 1. The van der Waals surface area contributed by atoms with Crippen molar-refractivity contribution in [3.8, 4) is 0 Å². The van der Waals surface area contributed by atoms with Crippen molar-refractivity contribution >= 4 is 28.3 Å². The van der Waals surface area contributed by atoms with E-state index in [0.717, 1.165) is 5.56 Å². The maximum Gasteiger partial charge on any atom is 0.274 e. The summed E-state index contributed by atoms with van der Waals surface area (Å²) in [6, 6.07) is 14.2. The van der Waals surface area contributed by atoms with Gasteiger partial charge in [0.2, 0.25) is 0 Å². The van der Waals surface area contributed by atoms with Crippen molar-refractivity contribution in [1.29, 1.82) is 0 Å². The van der Waals surface area contributed by atoms with E-state index >= 15 is 0 Å². The summed E-state index contributed by atoms with van der Waals surface area (Å²) in [4.78, 5) is 25.6. The molecule has 140 valence electrons. The van der Waals surface area contributed by atoms with Gasteiger partial charge in [0.25, 0.3) is 11.5 Å². The minimum atomic E-state index is -0.323. The Labute approximate surface area is 163 Å². The van der Waals surface area contributed by atoms with Gasteiger partial charge in [-0.15, -0.1) is 0 Å². The zero-order valence-corrected chi connectivity index (χ0v) is 16.3. The molecule has 1 N–H and O–H groups in total. The first-order valence-electron chi connectivity index (χ1n) is 8.93. The molecule has 0 spiro atoms. The van der Waals surface area contributed by atoms with Gasteiger partial charge in [0.05, 0.1) is 11.4 Å². The van der Waals surface area contributed by atoms with Crippen LogP contribution in [0.2, 0.25) is 5.02 Å². The van der Waals surface area contributed by atoms with Crippen LogP contribution in [-0.2, 0) is 6.54 Å². The lowest BCUT2D eigenvalue weighted by Crippen LogP contribution is -2.32. The molecular formula is C21H22ClN3O2. The van der Waals surface area contributed by atoms with Gasteiger partial charge in [-0.1, -0.05) is 55.8 Å². The summed E-state index contributed by atoms with van der Waals surface area (Å²) in [5.74, 6) is -0.0890. The van der Waals surface area contributed by atoms with Gasteiger partial charge in [-0.3, -0.25) is 9.59 Å². The molecule has 1 unspecified atom stereocenters. The Kier molecular flexibility index (Phi) is 5.61. The Morgan fingerprint density at radius 1 is 1.11 bits per heavy atom. The number of halogens is 1. The zero-order valence-electron chi connectivity index (χ0n) is 15.6. The van der Waals surface area contributed by atoms with Gasteiger partial charge in [0.15, 0.2) is 5.69 Å². The number of carbonyl (C=O) groups is 1. The third-order valence-electron chi connectivity index (χ3n) is 4.32. The Morgan fingerprint density at radius 3 is 2.48 bits per heavy atom. The summed E-state index contributed by atoms with van der Waals surface area (Å²) in [5, 5.41) is 8.99. The predicted octanol–water partition coefficient (Wildman–Crippen LogP) is 4.20. The summed E-state index contributed by atoms with van der Waals surface area (Å²) in [7, 11) is 0. The monoisotopic (exact) mass is 383 g/mol. The van der Waals surface area contributed by atoms with Crippen molar-refractivity contribution in [1.82, 2.24) is 15.1 Å². The maximum absolute atomic E-state index is 13.0. The van der Waals surface area contributed by atoms with Crippen molar-refractivity contribution in [2.75, 3.05) is 0 Å². The van der Waals surface area contributed by atoms with Gasteiger partial charge >= 0.3 is 0 Å². The Balaban J connectivity index is 2.00. The Hall–Kier alpha value is -2.66. The SMILES string of the molecule is CC(C)Cn1nc(C(=O)NC(C)c2cccc(Cl)c2)c2ccccc2c1=O. The van der Waals surface area contributed by atoms with Crippen LogP contribution in [0.5, 0.6) is 0 Å². The fourth-order valence-corrected chi connectivity index (χ4v) is 3.20. The summed E-state index contributed by atoms with van der Waals surface area (Å²) in [6.45, 7) is 6.35. The summed E-state index contributed by atoms with van der Waals surface area (Å²) in [6.07, 6.45) is 0. The molecule has 1 heterocycles. The van der Waals surface area contributed by atoms with Crippen LogP contribution < -0.4 is 10.9 Å². The lowest BCUT2D eigenvalue weighted by molar-refractivity contribution is 0.0934. The fraction of sp³-hybridized carbons (Fsp3) is 0.286. The molecule has 5 nitrogen and oxygen atoms in total. The molecular weight excluding hydrogens is 362 g/mol. The minimum absolute atomic E-state index is 0.182. The summed E-state index contributed by atoms with van der Waals surface area (Å²) < 4.78 is 1.38. The first kappa shape index (κ1) is 19.1. The number of amides is 1. The van der Waals surface area contributed by atoms with Crippen LogP contribution in [-0.4, -0.2) is 15.7 Å². The molecule has 0 aliphatic heterocycles. The van der Waals surface area contributed by atoms with E-state index in [-0.39, 0.29) is 29.1 Å².